The first-order valence-corrected chi connectivity index (χ1v) is 12.0. The van der Waals surface area contributed by atoms with E-state index in [-0.39, 0.29) is 22.2 Å². The standard InChI is InChI=1S/C21H19Cl2N3O5S/c22-15-4-1-2-7-19(15)31-20-9-8-13(10-16(20)23)32(29,30)25-17-5-3-6-18-14(17)11-24-26(18)12-21(27)28/h1-2,4,7-11,17,25H,3,5-6,12H2,(H,27,28). The molecule has 1 unspecified atom stereocenters. The molecule has 11 heteroatoms. The van der Waals surface area contributed by atoms with E-state index in [2.05, 4.69) is 9.82 Å². The molecule has 2 aromatic carbocycles. The van der Waals surface area contributed by atoms with Gasteiger partial charge >= 0.3 is 5.97 Å². The highest BCUT2D eigenvalue weighted by Gasteiger charge is 2.29. The third kappa shape index (κ3) is 4.75. The van der Waals surface area contributed by atoms with E-state index in [1.807, 2.05) is 0 Å². The Balaban J connectivity index is 1.55. The normalized spacial score (nSPS) is 15.9. The van der Waals surface area contributed by atoms with Crippen LogP contribution in [0.2, 0.25) is 10.0 Å². The van der Waals surface area contributed by atoms with E-state index in [0.717, 1.165) is 5.69 Å². The monoisotopic (exact) mass is 495 g/mol. The molecule has 1 atom stereocenters. The van der Waals surface area contributed by atoms with Crippen molar-refractivity contribution in [1.29, 1.82) is 0 Å². The van der Waals surface area contributed by atoms with Crippen molar-refractivity contribution in [3.63, 3.8) is 0 Å². The number of carbonyl (C=O) groups is 1. The lowest BCUT2D eigenvalue weighted by Crippen LogP contribution is -2.31. The molecule has 0 fully saturated rings. The maximum Gasteiger partial charge on any atom is 0.325 e. The fraction of sp³-hybridized carbons (Fsp3) is 0.238. The summed E-state index contributed by atoms with van der Waals surface area (Å²) in [4.78, 5) is 11.0. The third-order valence-corrected chi connectivity index (χ3v) is 7.19. The molecule has 0 aliphatic heterocycles. The average Bonchev–Trinajstić information content (AvgIpc) is 3.14. The van der Waals surface area contributed by atoms with E-state index in [1.54, 1.807) is 24.3 Å². The minimum Gasteiger partial charge on any atom is -0.480 e. The summed E-state index contributed by atoms with van der Waals surface area (Å²) < 4.78 is 35.8. The number of fused-ring (bicyclic) bond motifs is 1. The van der Waals surface area contributed by atoms with Gasteiger partial charge in [0.1, 0.15) is 18.0 Å². The number of nitrogens with one attached hydrogen (secondary N) is 1. The second-order valence-electron chi connectivity index (χ2n) is 7.29. The van der Waals surface area contributed by atoms with Crippen LogP contribution in [0.1, 0.15) is 30.1 Å². The van der Waals surface area contributed by atoms with Crippen LogP contribution in [0.3, 0.4) is 0 Å². The van der Waals surface area contributed by atoms with Crippen molar-refractivity contribution < 1.29 is 23.1 Å². The highest BCUT2D eigenvalue weighted by Crippen LogP contribution is 2.35. The molecule has 1 aliphatic rings. The first-order valence-electron chi connectivity index (χ1n) is 9.75. The van der Waals surface area contributed by atoms with Gasteiger partial charge < -0.3 is 9.84 Å². The van der Waals surface area contributed by atoms with E-state index < -0.39 is 22.0 Å². The zero-order valence-electron chi connectivity index (χ0n) is 16.7. The summed E-state index contributed by atoms with van der Waals surface area (Å²) >= 11 is 12.4. The summed E-state index contributed by atoms with van der Waals surface area (Å²) in [5, 5.41) is 13.7. The van der Waals surface area contributed by atoms with Crippen LogP contribution in [0.15, 0.2) is 53.6 Å². The molecule has 1 aromatic heterocycles. The van der Waals surface area contributed by atoms with Gasteiger partial charge in [0.2, 0.25) is 10.0 Å². The number of rotatable bonds is 7. The largest absolute Gasteiger partial charge is 0.480 e. The lowest BCUT2D eigenvalue weighted by atomic mass is 9.94. The molecular weight excluding hydrogens is 477 g/mol. The fourth-order valence-electron chi connectivity index (χ4n) is 3.64. The molecule has 0 amide bonds. The van der Waals surface area contributed by atoms with Crippen molar-refractivity contribution >= 4 is 39.2 Å². The van der Waals surface area contributed by atoms with Crippen LogP contribution in [-0.4, -0.2) is 29.3 Å². The summed E-state index contributed by atoms with van der Waals surface area (Å²) in [5.74, 6) is -0.334. The van der Waals surface area contributed by atoms with Crippen LogP contribution in [0.5, 0.6) is 11.5 Å². The number of carboxylic acid groups (broad SMARTS) is 1. The summed E-state index contributed by atoms with van der Waals surface area (Å²) in [6.07, 6.45) is 3.45. The van der Waals surface area contributed by atoms with Crippen molar-refractivity contribution in [1.82, 2.24) is 14.5 Å². The number of sulfonamides is 1. The first-order chi connectivity index (χ1) is 15.2. The van der Waals surface area contributed by atoms with Gasteiger partial charge in [-0.3, -0.25) is 9.48 Å². The molecule has 3 aromatic rings. The Bertz CT molecular complexity index is 1280. The van der Waals surface area contributed by atoms with E-state index in [0.29, 0.717) is 35.6 Å². The predicted octanol–water partition coefficient (Wildman–Crippen LogP) is 4.42. The van der Waals surface area contributed by atoms with E-state index in [9.17, 15) is 13.2 Å². The molecule has 0 radical (unpaired) electrons. The molecule has 4 rings (SSSR count). The summed E-state index contributed by atoms with van der Waals surface area (Å²) in [5.41, 5.74) is 1.42. The Morgan fingerprint density at radius 3 is 2.66 bits per heavy atom. The SMILES string of the molecule is O=C(O)Cn1ncc2c1CCCC2NS(=O)(=O)c1ccc(Oc2ccccc2Cl)c(Cl)c1. The zero-order valence-corrected chi connectivity index (χ0v) is 19.0. The minimum atomic E-state index is -3.91. The molecule has 168 valence electrons. The van der Waals surface area contributed by atoms with Gasteiger partial charge in [0.25, 0.3) is 0 Å². The van der Waals surface area contributed by atoms with E-state index in [4.69, 9.17) is 33.0 Å². The Hall–Kier alpha value is -2.59. The molecule has 2 N–H and O–H groups in total. The average molecular weight is 496 g/mol. The van der Waals surface area contributed by atoms with Gasteiger partial charge in [-0.15, -0.1) is 0 Å². The number of aromatic nitrogens is 2. The van der Waals surface area contributed by atoms with E-state index >= 15 is 0 Å². The van der Waals surface area contributed by atoms with Crippen LogP contribution >= 0.6 is 23.2 Å². The maximum absolute atomic E-state index is 13.0. The second-order valence-corrected chi connectivity index (χ2v) is 9.82. The topological polar surface area (TPSA) is 111 Å². The minimum absolute atomic E-state index is 0.0148. The van der Waals surface area contributed by atoms with Gasteiger partial charge in [-0.05, 0) is 49.6 Å². The number of carboxylic acids is 1. The highest BCUT2D eigenvalue weighted by atomic mass is 35.5. The van der Waals surface area contributed by atoms with Crippen molar-refractivity contribution in [3.8, 4) is 11.5 Å². The predicted molar refractivity (Wildman–Crippen MR) is 119 cm³/mol. The Labute approximate surface area is 194 Å². The number of aliphatic carboxylic acids is 1. The first kappa shape index (κ1) is 22.6. The van der Waals surface area contributed by atoms with Gasteiger partial charge in [-0.2, -0.15) is 5.10 Å². The Morgan fingerprint density at radius 2 is 1.94 bits per heavy atom. The third-order valence-electron chi connectivity index (χ3n) is 5.12. The van der Waals surface area contributed by atoms with Gasteiger partial charge in [0.05, 0.1) is 27.2 Å². The molecule has 0 spiro atoms. The van der Waals surface area contributed by atoms with Crippen molar-refractivity contribution in [2.45, 2.75) is 36.7 Å². The number of benzene rings is 2. The number of para-hydroxylation sites is 1. The fourth-order valence-corrected chi connectivity index (χ4v) is 5.37. The molecule has 1 aliphatic carbocycles. The highest BCUT2D eigenvalue weighted by molar-refractivity contribution is 7.89. The van der Waals surface area contributed by atoms with Crippen molar-refractivity contribution in [3.05, 3.63) is 70.0 Å². The quantitative estimate of drug-likeness (QED) is 0.501. The summed E-state index contributed by atoms with van der Waals surface area (Å²) in [6.45, 7) is -0.267. The van der Waals surface area contributed by atoms with Crippen molar-refractivity contribution in [2.75, 3.05) is 0 Å². The number of halogens is 2. The van der Waals surface area contributed by atoms with Crippen LogP contribution in [0.25, 0.3) is 0 Å². The van der Waals surface area contributed by atoms with Gasteiger partial charge in [0, 0.05) is 11.3 Å². The second kappa shape index (κ2) is 9.11. The van der Waals surface area contributed by atoms with Crippen LogP contribution in [-0.2, 0) is 27.8 Å². The molecule has 0 bridgehead atoms. The molecule has 0 saturated heterocycles. The lowest BCUT2D eigenvalue weighted by molar-refractivity contribution is -0.137. The summed E-state index contributed by atoms with van der Waals surface area (Å²) in [6, 6.07) is 10.5. The zero-order chi connectivity index (χ0) is 22.9. The van der Waals surface area contributed by atoms with Gasteiger partial charge in [0.15, 0.2) is 0 Å². The molecular formula is C21H19Cl2N3O5S. The van der Waals surface area contributed by atoms with Gasteiger partial charge in [-0.1, -0.05) is 35.3 Å². The van der Waals surface area contributed by atoms with Crippen LogP contribution < -0.4 is 9.46 Å². The van der Waals surface area contributed by atoms with E-state index in [1.165, 1.54) is 29.1 Å². The van der Waals surface area contributed by atoms with Crippen LogP contribution in [0.4, 0.5) is 0 Å². The smallest absolute Gasteiger partial charge is 0.325 e. The molecule has 1 heterocycles. The molecule has 32 heavy (non-hydrogen) atoms. The number of hydrogen-bond donors (Lipinski definition) is 2. The number of ether oxygens (including phenoxy) is 1. The van der Waals surface area contributed by atoms with Gasteiger partial charge in [-0.25, -0.2) is 13.1 Å². The van der Waals surface area contributed by atoms with Crippen molar-refractivity contribution in [2.24, 2.45) is 0 Å². The maximum atomic E-state index is 13.0. The number of nitrogens with zero attached hydrogens (tertiary/aromatic N) is 2. The molecule has 8 nitrogen and oxygen atoms in total. The Morgan fingerprint density at radius 1 is 1.19 bits per heavy atom. The Kier molecular flexibility index (Phi) is 6.43. The summed E-state index contributed by atoms with van der Waals surface area (Å²) in [7, 11) is -3.91. The molecule has 0 saturated carbocycles. The van der Waals surface area contributed by atoms with Crippen LogP contribution in [0, 0.1) is 0 Å². The lowest BCUT2D eigenvalue weighted by Gasteiger charge is -2.24. The number of hydrogen-bond acceptors (Lipinski definition) is 5.